The van der Waals surface area contributed by atoms with Gasteiger partial charge in [-0.05, 0) is 31.2 Å². The second-order valence-corrected chi connectivity index (χ2v) is 9.30. The predicted octanol–water partition coefficient (Wildman–Crippen LogP) is 2.06. The van der Waals surface area contributed by atoms with Crippen molar-refractivity contribution in [3.63, 3.8) is 0 Å². The lowest BCUT2D eigenvalue weighted by Gasteiger charge is -2.05. The van der Waals surface area contributed by atoms with Gasteiger partial charge < -0.3 is 0 Å². The summed E-state index contributed by atoms with van der Waals surface area (Å²) in [7, 11) is -7.09. The highest BCUT2D eigenvalue weighted by molar-refractivity contribution is 7.92. The summed E-state index contributed by atoms with van der Waals surface area (Å²) in [5.74, 6) is -1.24. The van der Waals surface area contributed by atoms with Gasteiger partial charge in [0.1, 0.15) is 5.75 Å². The molecule has 0 radical (unpaired) electrons. The summed E-state index contributed by atoms with van der Waals surface area (Å²) in [5, 5.41) is 0. The first-order chi connectivity index (χ1) is 10.6. The third-order valence-electron chi connectivity index (χ3n) is 3.31. The van der Waals surface area contributed by atoms with E-state index >= 15 is 0 Å². The first-order valence-corrected chi connectivity index (χ1v) is 10.3. The SMILES string of the molecule is Cc1ccc(S(=O)(=O)CC(=O)c2ccc(S(C)(=O)=O)cc2)cc1. The molecule has 0 bridgehead atoms. The van der Waals surface area contributed by atoms with Crippen LogP contribution in [0.1, 0.15) is 15.9 Å². The zero-order valence-electron chi connectivity index (χ0n) is 12.7. The molecule has 0 atom stereocenters. The van der Waals surface area contributed by atoms with Gasteiger partial charge >= 0.3 is 0 Å². The van der Waals surface area contributed by atoms with E-state index in [4.69, 9.17) is 0 Å². The molecule has 2 aromatic rings. The number of carbonyl (C=O) groups excluding carboxylic acids is 1. The molecule has 2 aromatic carbocycles. The molecule has 0 saturated carbocycles. The van der Waals surface area contributed by atoms with Gasteiger partial charge in [0.2, 0.25) is 0 Å². The molecule has 0 aromatic heterocycles. The van der Waals surface area contributed by atoms with E-state index in [0.717, 1.165) is 11.8 Å². The van der Waals surface area contributed by atoms with E-state index < -0.39 is 31.2 Å². The molecule has 0 aliphatic rings. The highest BCUT2D eigenvalue weighted by Crippen LogP contribution is 2.15. The van der Waals surface area contributed by atoms with Crippen LogP contribution in [0.25, 0.3) is 0 Å². The lowest BCUT2D eigenvalue weighted by atomic mass is 10.1. The number of carbonyl (C=O) groups is 1. The molecule has 0 amide bonds. The van der Waals surface area contributed by atoms with Gasteiger partial charge in [0, 0.05) is 11.8 Å². The fourth-order valence-corrected chi connectivity index (χ4v) is 3.83. The van der Waals surface area contributed by atoms with Crippen molar-refractivity contribution >= 4 is 25.5 Å². The number of ketones is 1. The summed E-state index contributed by atoms with van der Waals surface area (Å²) in [6, 6.07) is 11.5. The normalized spacial score (nSPS) is 12.1. The lowest BCUT2D eigenvalue weighted by molar-refractivity contribution is 0.102. The molecule has 0 saturated heterocycles. The van der Waals surface area contributed by atoms with Gasteiger partial charge in [-0.3, -0.25) is 4.79 Å². The van der Waals surface area contributed by atoms with Gasteiger partial charge in [-0.25, -0.2) is 16.8 Å². The van der Waals surface area contributed by atoms with Gasteiger partial charge in [0.25, 0.3) is 0 Å². The molecule has 23 heavy (non-hydrogen) atoms. The lowest BCUT2D eigenvalue weighted by Crippen LogP contribution is -2.16. The quantitative estimate of drug-likeness (QED) is 0.769. The zero-order chi connectivity index (χ0) is 17.3. The van der Waals surface area contributed by atoms with E-state index in [0.29, 0.717) is 0 Å². The minimum absolute atomic E-state index is 0.0791. The van der Waals surface area contributed by atoms with E-state index in [1.807, 2.05) is 6.92 Å². The van der Waals surface area contributed by atoms with E-state index in [9.17, 15) is 21.6 Å². The molecule has 0 N–H and O–H groups in total. The Labute approximate surface area is 135 Å². The average molecular weight is 352 g/mol. The van der Waals surface area contributed by atoms with Gasteiger partial charge in [0.15, 0.2) is 25.5 Å². The van der Waals surface area contributed by atoms with Crippen molar-refractivity contribution in [2.24, 2.45) is 0 Å². The summed E-state index contributed by atoms with van der Waals surface area (Å²) < 4.78 is 47.2. The van der Waals surface area contributed by atoms with Crippen LogP contribution in [0.15, 0.2) is 58.3 Å². The summed E-state index contributed by atoms with van der Waals surface area (Å²) in [5.41, 5.74) is 1.08. The largest absolute Gasteiger partial charge is 0.293 e. The second-order valence-electron chi connectivity index (χ2n) is 5.29. The molecule has 0 fully saturated rings. The van der Waals surface area contributed by atoms with Crippen molar-refractivity contribution in [3.05, 3.63) is 59.7 Å². The highest BCUT2D eigenvalue weighted by Gasteiger charge is 2.20. The fraction of sp³-hybridized carbons (Fsp3) is 0.188. The Kier molecular flexibility index (Phi) is 4.72. The van der Waals surface area contributed by atoms with Crippen LogP contribution < -0.4 is 0 Å². The standard InChI is InChI=1S/C16H16O5S2/c1-12-3-7-15(8-4-12)23(20,21)11-16(17)13-5-9-14(10-6-13)22(2,18)19/h3-10H,11H2,1-2H3. The van der Waals surface area contributed by atoms with E-state index in [-0.39, 0.29) is 15.4 Å². The minimum atomic E-state index is -3.73. The second kappa shape index (κ2) is 6.25. The Morgan fingerprint density at radius 2 is 1.30 bits per heavy atom. The fourth-order valence-electron chi connectivity index (χ4n) is 1.97. The van der Waals surface area contributed by atoms with Crippen molar-refractivity contribution < 1.29 is 21.6 Å². The van der Waals surface area contributed by atoms with Crippen molar-refractivity contribution in [3.8, 4) is 0 Å². The molecule has 0 spiro atoms. The van der Waals surface area contributed by atoms with Crippen LogP contribution in [0.3, 0.4) is 0 Å². The maximum atomic E-state index is 12.2. The molecule has 0 aliphatic heterocycles. The maximum absolute atomic E-state index is 12.2. The van der Waals surface area contributed by atoms with Gasteiger partial charge in [-0.15, -0.1) is 0 Å². The first-order valence-electron chi connectivity index (χ1n) is 6.72. The highest BCUT2D eigenvalue weighted by atomic mass is 32.2. The predicted molar refractivity (Wildman–Crippen MR) is 87.1 cm³/mol. The molecular formula is C16H16O5S2. The molecular weight excluding hydrogens is 336 g/mol. The van der Waals surface area contributed by atoms with E-state index in [2.05, 4.69) is 0 Å². The first kappa shape index (κ1) is 17.4. The van der Waals surface area contributed by atoms with Crippen LogP contribution in [0, 0.1) is 6.92 Å². The van der Waals surface area contributed by atoms with Crippen LogP contribution >= 0.6 is 0 Å². The minimum Gasteiger partial charge on any atom is -0.293 e. The molecule has 0 heterocycles. The summed E-state index contributed by atoms with van der Waals surface area (Å²) >= 11 is 0. The molecule has 0 aliphatic carbocycles. The molecule has 2 rings (SSSR count). The molecule has 0 unspecified atom stereocenters. The third kappa shape index (κ3) is 4.27. The van der Waals surface area contributed by atoms with E-state index in [1.165, 1.54) is 36.4 Å². The van der Waals surface area contributed by atoms with Gasteiger partial charge in [-0.1, -0.05) is 29.8 Å². The Bertz CT molecular complexity index is 923. The number of hydrogen-bond donors (Lipinski definition) is 0. The number of rotatable bonds is 5. The number of hydrogen-bond acceptors (Lipinski definition) is 5. The average Bonchev–Trinajstić information content (AvgIpc) is 2.46. The Morgan fingerprint density at radius 1 is 0.826 bits per heavy atom. The third-order valence-corrected chi connectivity index (χ3v) is 6.07. The number of benzene rings is 2. The monoisotopic (exact) mass is 352 g/mol. The van der Waals surface area contributed by atoms with Crippen molar-refractivity contribution in [1.82, 2.24) is 0 Å². The number of Topliss-reactive ketones (excluding diaryl/α,β-unsaturated/α-hetero) is 1. The van der Waals surface area contributed by atoms with Gasteiger partial charge in [0.05, 0.1) is 9.79 Å². The summed E-state index contributed by atoms with van der Waals surface area (Å²) in [4.78, 5) is 12.3. The Balaban J connectivity index is 2.23. The molecule has 122 valence electrons. The van der Waals surface area contributed by atoms with Crippen molar-refractivity contribution in [2.45, 2.75) is 16.7 Å². The van der Waals surface area contributed by atoms with Crippen molar-refractivity contribution in [1.29, 1.82) is 0 Å². The van der Waals surface area contributed by atoms with Crippen LogP contribution in [-0.2, 0) is 19.7 Å². The summed E-state index contributed by atoms with van der Waals surface area (Å²) in [6.07, 6.45) is 1.06. The smallest absolute Gasteiger partial charge is 0.185 e. The van der Waals surface area contributed by atoms with E-state index in [1.54, 1.807) is 12.1 Å². The molecule has 7 heteroatoms. The Morgan fingerprint density at radius 3 is 1.78 bits per heavy atom. The summed E-state index contributed by atoms with van der Waals surface area (Å²) in [6.45, 7) is 1.84. The topological polar surface area (TPSA) is 85.3 Å². The van der Waals surface area contributed by atoms with Gasteiger partial charge in [-0.2, -0.15) is 0 Å². The van der Waals surface area contributed by atoms with Crippen LogP contribution in [-0.4, -0.2) is 34.6 Å². The Hall–Kier alpha value is -1.99. The maximum Gasteiger partial charge on any atom is 0.185 e. The van der Waals surface area contributed by atoms with Crippen LogP contribution in [0.4, 0.5) is 0 Å². The van der Waals surface area contributed by atoms with Crippen LogP contribution in [0.5, 0.6) is 0 Å². The van der Waals surface area contributed by atoms with Crippen LogP contribution in [0.2, 0.25) is 0 Å². The zero-order valence-corrected chi connectivity index (χ0v) is 14.3. The number of sulfone groups is 2. The number of aryl methyl sites for hydroxylation is 1. The molecule has 5 nitrogen and oxygen atoms in total. The van der Waals surface area contributed by atoms with Crippen molar-refractivity contribution in [2.75, 3.05) is 12.0 Å².